The summed E-state index contributed by atoms with van der Waals surface area (Å²) in [4.78, 5) is 23.5. The first-order chi connectivity index (χ1) is 8.86. The molecule has 102 valence electrons. The van der Waals surface area contributed by atoms with Gasteiger partial charge in [-0.05, 0) is 25.8 Å². The number of aliphatic hydroxyl groups excluding tert-OH is 1. The van der Waals surface area contributed by atoms with Gasteiger partial charge in [0.05, 0.1) is 0 Å². The number of carbonyl (C=O) groups is 2. The van der Waals surface area contributed by atoms with Crippen molar-refractivity contribution in [3.8, 4) is 0 Å². The van der Waals surface area contributed by atoms with Crippen LogP contribution in [0.5, 0.6) is 0 Å². The van der Waals surface area contributed by atoms with E-state index in [-0.39, 0.29) is 29.7 Å². The molecule has 2 aliphatic carbocycles. The van der Waals surface area contributed by atoms with Crippen LogP contribution in [-0.4, -0.2) is 29.1 Å². The van der Waals surface area contributed by atoms with Crippen LogP contribution in [0.1, 0.15) is 26.7 Å². The molecule has 4 nitrogen and oxygen atoms in total. The van der Waals surface area contributed by atoms with Crippen LogP contribution in [0.25, 0.3) is 0 Å². The van der Waals surface area contributed by atoms with E-state index in [4.69, 9.17) is 4.74 Å². The van der Waals surface area contributed by atoms with Gasteiger partial charge < -0.3 is 9.84 Å². The SMILES string of the molecule is C=C1C(=O)O[C@H]2C1CC[C@@]1(C)C(O)C(=O)C=C(C)[C@H]21. The Hall–Kier alpha value is -1.42. The molecule has 0 aromatic rings. The zero-order valence-corrected chi connectivity index (χ0v) is 11.2. The summed E-state index contributed by atoms with van der Waals surface area (Å²) >= 11 is 0. The van der Waals surface area contributed by atoms with E-state index < -0.39 is 11.5 Å². The molecule has 0 bridgehead atoms. The van der Waals surface area contributed by atoms with Crippen molar-refractivity contribution in [3.63, 3.8) is 0 Å². The van der Waals surface area contributed by atoms with E-state index in [1.807, 2.05) is 13.8 Å². The molecule has 1 saturated heterocycles. The van der Waals surface area contributed by atoms with Crippen LogP contribution in [0.2, 0.25) is 0 Å². The molecule has 3 rings (SSSR count). The fourth-order valence-electron chi connectivity index (χ4n) is 4.07. The smallest absolute Gasteiger partial charge is 0.334 e. The summed E-state index contributed by atoms with van der Waals surface area (Å²) < 4.78 is 5.46. The fourth-order valence-corrected chi connectivity index (χ4v) is 4.07. The van der Waals surface area contributed by atoms with Crippen molar-refractivity contribution in [2.24, 2.45) is 17.3 Å². The van der Waals surface area contributed by atoms with Gasteiger partial charge in [-0.2, -0.15) is 0 Å². The molecule has 1 N–H and O–H groups in total. The summed E-state index contributed by atoms with van der Waals surface area (Å²) in [6.45, 7) is 7.61. The zero-order valence-electron chi connectivity index (χ0n) is 11.2. The van der Waals surface area contributed by atoms with E-state index in [0.29, 0.717) is 12.0 Å². The number of fused-ring (bicyclic) bond motifs is 3. The number of aliphatic hydroxyl groups is 1. The minimum absolute atomic E-state index is 0.0225. The summed E-state index contributed by atoms with van der Waals surface area (Å²) in [7, 11) is 0. The van der Waals surface area contributed by atoms with Crippen molar-refractivity contribution >= 4 is 11.8 Å². The van der Waals surface area contributed by atoms with Crippen molar-refractivity contribution < 1.29 is 19.4 Å². The molecule has 0 aromatic carbocycles. The molecule has 5 atom stereocenters. The Morgan fingerprint density at radius 2 is 2.16 bits per heavy atom. The third-order valence-corrected chi connectivity index (χ3v) is 5.14. The van der Waals surface area contributed by atoms with Crippen molar-refractivity contribution in [2.45, 2.75) is 38.9 Å². The van der Waals surface area contributed by atoms with Gasteiger partial charge in [-0.1, -0.05) is 19.1 Å². The molecule has 0 radical (unpaired) electrons. The van der Waals surface area contributed by atoms with Gasteiger partial charge in [0.15, 0.2) is 5.78 Å². The maximum absolute atomic E-state index is 11.8. The molecular formula is C15H18O4. The van der Waals surface area contributed by atoms with Gasteiger partial charge in [-0.25, -0.2) is 4.79 Å². The van der Waals surface area contributed by atoms with Crippen molar-refractivity contribution in [1.82, 2.24) is 0 Å². The zero-order chi connectivity index (χ0) is 13.9. The van der Waals surface area contributed by atoms with E-state index in [2.05, 4.69) is 6.58 Å². The Balaban J connectivity index is 2.07. The Morgan fingerprint density at radius 1 is 1.47 bits per heavy atom. The minimum Gasteiger partial charge on any atom is -0.458 e. The van der Waals surface area contributed by atoms with Gasteiger partial charge in [0, 0.05) is 22.8 Å². The lowest BCUT2D eigenvalue weighted by molar-refractivity contribution is -0.153. The second-order valence-electron chi connectivity index (χ2n) is 6.22. The lowest BCUT2D eigenvalue weighted by Gasteiger charge is -2.50. The standard InChI is InChI=1S/C15H18O4/c1-7-6-10(16)13(17)15(3)5-4-9-8(2)14(18)19-12(9)11(7)15/h6,9,11-13,17H,2,4-5H2,1,3H3/t9?,11-,12+,13?,15-/m1/s1. The molecular weight excluding hydrogens is 244 g/mol. The number of esters is 1. The highest BCUT2D eigenvalue weighted by Crippen LogP contribution is 2.55. The van der Waals surface area contributed by atoms with Gasteiger partial charge in [-0.3, -0.25) is 4.79 Å². The quantitative estimate of drug-likeness (QED) is 0.529. The number of hydrogen-bond donors (Lipinski definition) is 1. The van der Waals surface area contributed by atoms with Crippen LogP contribution >= 0.6 is 0 Å². The number of ketones is 1. The Labute approximate surface area is 112 Å². The molecule has 4 heteroatoms. The minimum atomic E-state index is -1.00. The average molecular weight is 262 g/mol. The summed E-state index contributed by atoms with van der Waals surface area (Å²) in [6.07, 6.45) is 1.65. The molecule has 19 heavy (non-hydrogen) atoms. The largest absolute Gasteiger partial charge is 0.458 e. The van der Waals surface area contributed by atoms with Crippen LogP contribution < -0.4 is 0 Å². The van der Waals surface area contributed by atoms with Gasteiger partial charge in [-0.15, -0.1) is 0 Å². The van der Waals surface area contributed by atoms with E-state index in [1.165, 1.54) is 6.08 Å². The highest BCUT2D eigenvalue weighted by Gasteiger charge is 2.58. The number of ether oxygens (including phenoxy) is 1. The lowest BCUT2D eigenvalue weighted by Crippen LogP contribution is -2.55. The van der Waals surface area contributed by atoms with Gasteiger partial charge >= 0.3 is 5.97 Å². The number of hydrogen-bond acceptors (Lipinski definition) is 4. The van der Waals surface area contributed by atoms with Crippen molar-refractivity contribution in [3.05, 3.63) is 23.8 Å². The van der Waals surface area contributed by atoms with Crippen molar-refractivity contribution in [2.75, 3.05) is 0 Å². The van der Waals surface area contributed by atoms with Crippen LogP contribution in [0, 0.1) is 17.3 Å². The van der Waals surface area contributed by atoms with E-state index in [9.17, 15) is 14.7 Å². The fraction of sp³-hybridized carbons (Fsp3) is 0.600. The Kier molecular flexibility index (Phi) is 2.52. The van der Waals surface area contributed by atoms with Crippen LogP contribution in [0.3, 0.4) is 0 Å². The molecule has 1 saturated carbocycles. The Morgan fingerprint density at radius 3 is 2.84 bits per heavy atom. The molecule has 3 aliphatic rings. The first-order valence-electron chi connectivity index (χ1n) is 6.66. The second kappa shape index (κ2) is 3.79. The summed E-state index contributed by atoms with van der Waals surface area (Å²) in [6, 6.07) is 0. The first-order valence-corrected chi connectivity index (χ1v) is 6.66. The monoisotopic (exact) mass is 262 g/mol. The molecule has 0 aromatic heterocycles. The first kappa shape index (κ1) is 12.6. The summed E-state index contributed by atoms with van der Waals surface area (Å²) in [5.41, 5.74) is 0.892. The normalized spacial score (nSPS) is 45.4. The molecule has 0 amide bonds. The molecule has 1 heterocycles. The van der Waals surface area contributed by atoms with E-state index >= 15 is 0 Å². The molecule has 2 unspecified atom stereocenters. The topological polar surface area (TPSA) is 63.6 Å². The Bertz CT molecular complexity index is 518. The highest BCUT2D eigenvalue weighted by atomic mass is 16.6. The molecule has 2 fully saturated rings. The predicted octanol–water partition coefficient (Wildman–Crippen LogP) is 1.39. The third kappa shape index (κ3) is 1.49. The van der Waals surface area contributed by atoms with Crippen molar-refractivity contribution in [1.29, 1.82) is 0 Å². The molecule has 1 aliphatic heterocycles. The average Bonchev–Trinajstić information content (AvgIpc) is 2.62. The maximum Gasteiger partial charge on any atom is 0.334 e. The summed E-state index contributed by atoms with van der Waals surface area (Å²) in [5, 5.41) is 10.2. The molecule has 0 spiro atoms. The second-order valence-corrected chi connectivity index (χ2v) is 6.22. The van der Waals surface area contributed by atoms with Crippen LogP contribution in [-0.2, 0) is 14.3 Å². The van der Waals surface area contributed by atoms with Gasteiger partial charge in [0.1, 0.15) is 12.2 Å². The summed E-state index contributed by atoms with van der Waals surface area (Å²) in [5.74, 6) is -0.646. The van der Waals surface area contributed by atoms with Crippen LogP contribution in [0.15, 0.2) is 23.8 Å². The van der Waals surface area contributed by atoms with E-state index in [1.54, 1.807) is 0 Å². The highest BCUT2D eigenvalue weighted by molar-refractivity contribution is 5.96. The van der Waals surface area contributed by atoms with Gasteiger partial charge in [0.2, 0.25) is 0 Å². The van der Waals surface area contributed by atoms with Crippen LogP contribution in [0.4, 0.5) is 0 Å². The van der Waals surface area contributed by atoms with Gasteiger partial charge in [0.25, 0.3) is 0 Å². The predicted molar refractivity (Wildman–Crippen MR) is 68.1 cm³/mol. The third-order valence-electron chi connectivity index (χ3n) is 5.14. The number of rotatable bonds is 0. The maximum atomic E-state index is 11.8. The lowest BCUT2D eigenvalue weighted by atomic mass is 9.55. The number of carbonyl (C=O) groups excluding carboxylic acids is 2. The van der Waals surface area contributed by atoms with E-state index in [0.717, 1.165) is 12.0 Å².